The number of hydrogen-bond donors (Lipinski definition) is 1. The second-order valence-electron chi connectivity index (χ2n) is 5.67. The monoisotopic (exact) mass is 343 g/mol. The summed E-state index contributed by atoms with van der Waals surface area (Å²) in [5.74, 6) is 0.820. The molecule has 5 nitrogen and oxygen atoms in total. The van der Waals surface area contributed by atoms with E-state index in [9.17, 15) is 4.79 Å². The molecule has 1 aromatic carbocycles. The van der Waals surface area contributed by atoms with E-state index in [1.807, 2.05) is 17.5 Å². The molecule has 0 saturated carbocycles. The SMILES string of the molecule is COc1ccc(N2CCC(NC(=O)C=Cc3nccs3)CC2)cc1. The van der Waals surface area contributed by atoms with Crippen molar-refractivity contribution < 1.29 is 9.53 Å². The zero-order chi connectivity index (χ0) is 16.8. The summed E-state index contributed by atoms with van der Waals surface area (Å²) in [6.07, 6.45) is 6.95. The highest BCUT2D eigenvalue weighted by molar-refractivity contribution is 7.10. The van der Waals surface area contributed by atoms with Crippen molar-refractivity contribution in [1.29, 1.82) is 0 Å². The molecule has 1 aliphatic heterocycles. The highest BCUT2D eigenvalue weighted by Crippen LogP contribution is 2.22. The van der Waals surface area contributed by atoms with E-state index in [1.54, 1.807) is 25.5 Å². The van der Waals surface area contributed by atoms with Crippen LogP contribution < -0.4 is 15.0 Å². The molecular formula is C18H21N3O2S. The fraction of sp³-hybridized carbons (Fsp3) is 0.333. The molecule has 0 radical (unpaired) electrons. The molecule has 0 atom stereocenters. The summed E-state index contributed by atoms with van der Waals surface area (Å²) in [7, 11) is 1.67. The second kappa shape index (κ2) is 7.97. The summed E-state index contributed by atoms with van der Waals surface area (Å²) in [5.41, 5.74) is 1.20. The van der Waals surface area contributed by atoms with Gasteiger partial charge in [-0.1, -0.05) is 0 Å². The van der Waals surface area contributed by atoms with Crippen LogP contribution in [-0.4, -0.2) is 37.1 Å². The van der Waals surface area contributed by atoms with Gasteiger partial charge in [0.05, 0.1) is 7.11 Å². The predicted molar refractivity (Wildman–Crippen MR) is 97.5 cm³/mol. The van der Waals surface area contributed by atoms with Gasteiger partial charge in [0.25, 0.3) is 0 Å². The molecule has 24 heavy (non-hydrogen) atoms. The minimum atomic E-state index is -0.0481. The first kappa shape index (κ1) is 16.5. The first-order chi connectivity index (χ1) is 11.7. The number of benzene rings is 1. The Morgan fingerprint density at radius 1 is 1.33 bits per heavy atom. The van der Waals surface area contributed by atoms with Gasteiger partial charge in [0, 0.05) is 42.5 Å². The van der Waals surface area contributed by atoms with Crippen LogP contribution in [0.25, 0.3) is 6.08 Å². The van der Waals surface area contributed by atoms with E-state index in [1.165, 1.54) is 17.0 Å². The lowest BCUT2D eigenvalue weighted by atomic mass is 10.0. The Hall–Kier alpha value is -2.34. The molecular weight excluding hydrogens is 322 g/mol. The van der Waals surface area contributed by atoms with E-state index in [-0.39, 0.29) is 11.9 Å². The predicted octanol–water partition coefficient (Wildman–Crippen LogP) is 2.95. The maximum absolute atomic E-state index is 12.0. The number of nitrogens with zero attached hydrogens (tertiary/aromatic N) is 2. The summed E-state index contributed by atoms with van der Waals surface area (Å²) >= 11 is 1.52. The minimum Gasteiger partial charge on any atom is -0.497 e. The fourth-order valence-electron chi connectivity index (χ4n) is 2.79. The average molecular weight is 343 g/mol. The number of ether oxygens (including phenoxy) is 1. The molecule has 1 fully saturated rings. The van der Waals surface area contributed by atoms with Crippen molar-refractivity contribution in [2.24, 2.45) is 0 Å². The van der Waals surface area contributed by atoms with E-state index < -0.39 is 0 Å². The summed E-state index contributed by atoms with van der Waals surface area (Å²) in [6, 6.07) is 8.34. The molecule has 1 aliphatic rings. The van der Waals surface area contributed by atoms with Gasteiger partial charge in [-0.05, 0) is 43.2 Å². The lowest BCUT2D eigenvalue weighted by Crippen LogP contribution is -2.44. The molecule has 0 unspecified atom stereocenters. The molecule has 1 amide bonds. The van der Waals surface area contributed by atoms with Gasteiger partial charge in [0.1, 0.15) is 10.8 Å². The number of anilines is 1. The molecule has 6 heteroatoms. The molecule has 1 saturated heterocycles. The van der Waals surface area contributed by atoms with Gasteiger partial charge in [-0.2, -0.15) is 0 Å². The van der Waals surface area contributed by atoms with Crippen LogP contribution >= 0.6 is 11.3 Å². The molecule has 1 aromatic heterocycles. The standard InChI is InChI=1S/C18H21N3O2S/c1-23-16-4-2-15(3-5-16)21-11-8-14(9-12-21)20-17(22)6-7-18-19-10-13-24-18/h2-7,10,13-14H,8-9,11-12H2,1H3,(H,20,22). The Morgan fingerprint density at radius 2 is 2.08 bits per heavy atom. The summed E-state index contributed by atoms with van der Waals surface area (Å²) < 4.78 is 5.19. The molecule has 0 aliphatic carbocycles. The van der Waals surface area contributed by atoms with Gasteiger partial charge >= 0.3 is 0 Å². The average Bonchev–Trinajstić information content (AvgIpc) is 3.14. The Bertz CT molecular complexity index is 675. The zero-order valence-electron chi connectivity index (χ0n) is 13.6. The van der Waals surface area contributed by atoms with Crippen LogP contribution in [0.1, 0.15) is 17.8 Å². The second-order valence-corrected chi connectivity index (χ2v) is 6.60. The van der Waals surface area contributed by atoms with Gasteiger partial charge in [0.15, 0.2) is 0 Å². The highest BCUT2D eigenvalue weighted by atomic mass is 32.1. The van der Waals surface area contributed by atoms with Gasteiger partial charge < -0.3 is 15.0 Å². The van der Waals surface area contributed by atoms with E-state index in [0.717, 1.165) is 36.7 Å². The maximum atomic E-state index is 12.0. The Kier molecular flexibility index (Phi) is 5.48. The van der Waals surface area contributed by atoms with Crippen LogP contribution in [0.3, 0.4) is 0 Å². The van der Waals surface area contributed by atoms with E-state index in [0.29, 0.717) is 0 Å². The number of amides is 1. The lowest BCUT2D eigenvalue weighted by Gasteiger charge is -2.33. The van der Waals surface area contributed by atoms with Crippen LogP contribution in [0, 0.1) is 0 Å². The summed E-state index contributed by atoms with van der Waals surface area (Å²) in [4.78, 5) is 18.4. The number of nitrogens with one attached hydrogen (secondary N) is 1. The van der Waals surface area contributed by atoms with Crippen molar-refractivity contribution in [3.63, 3.8) is 0 Å². The fourth-order valence-corrected chi connectivity index (χ4v) is 3.32. The summed E-state index contributed by atoms with van der Waals surface area (Å²) in [6.45, 7) is 1.88. The van der Waals surface area contributed by atoms with Crippen LogP contribution in [0.5, 0.6) is 5.75 Å². The third-order valence-corrected chi connectivity index (χ3v) is 4.85. The normalized spacial score (nSPS) is 15.6. The number of piperidine rings is 1. The van der Waals surface area contributed by atoms with Crippen molar-refractivity contribution in [3.8, 4) is 5.75 Å². The van der Waals surface area contributed by atoms with Gasteiger partial charge in [-0.25, -0.2) is 4.98 Å². The zero-order valence-corrected chi connectivity index (χ0v) is 14.5. The lowest BCUT2D eigenvalue weighted by molar-refractivity contribution is -0.117. The van der Waals surface area contributed by atoms with Crippen molar-refractivity contribution >= 4 is 29.0 Å². The Balaban J connectivity index is 1.47. The van der Waals surface area contributed by atoms with E-state index >= 15 is 0 Å². The number of rotatable bonds is 5. The highest BCUT2D eigenvalue weighted by Gasteiger charge is 2.20. The number of aromatic nitrogens is 1. The topological polar surface area (TPSA) is 54.5 Å². The Labute approximate surface area is 146 Å². The smallest absolute Gasteiger partial charge is 0.244 e. The van der Waals surface area contributed by atoms with Crippen molar-refractivity contribution in [1.82, 2.24) is 10.3 Å². The molecule has 2 heterocycles. The molecule has 1 N–H and O–H groups in total. The number of carbonyl (C=O) groups is 1. The first-order valence-electron chi connectivity index (χ1n) is 8.01. The summed E-state index contributed by atoms with van der Waals surface area (Å²) in [5, 5.41) is 5.82. The largest absolute Gasteiger partial charge is 0.497 e. The van der Waals surface area contributed by atoms with Crippen LogP contribution in [0.15, 0.2) is 41.9 Å². The van der Waals surface area contributed by atoms with Crippen molar-refractivity contribution in [2.75, 3.05) is 25.1 Å². The van der Waals surface area contributed by atoms with E-state index in [4.69, 9.17) is 4.74 Å². The number of methoxy groups -OCH3 is 1. The molecule has 0 bridgehead atoms. The minimum absolute atomic E-state index is 0.0481. The number of thiazole rings is 1. The third-order valence-electron chi connectivity index (χ3n) is 4.11. The Morgan fingerprint density at radius 3 is 2.71 bits per heavy atom. The molecule has 0 spiro atoms. The third kappa shape index (κ3) is 4.35. The maximum Gasteiger partial charge on any atom is 0.244 e. The molecule has 2 aromatic rings. The van der Waals surface area contributed by atoms with Crippen molar-refractivity contribution in [2.45, 2.75) is 18.9 Å². The van der Waals surface area contributed by atoms with Gasteiger partial charge in [-0.3, -0.25) is 4.79 Å². The van der Waals surface area contributed by atoms with Gasteiger partial charge in [-0.15, -0.1) is 11.3 Å². The number of hydrogen-bond acceptors (Lipinski definition) is 5. The van der Waals surface area contributed by atoms with E-state index in [2.05, 4.69) is 27.3 Å². The van der Waals surface area contributed by atoms with Crippen molar-refractivity contribution in [3.05, 3.63) is 46.9 Å². The quantitative estimate of drug-likeness (QED) is 0.848. The number of carbonyl (C=O) groups excluding carboxylic acids is 1. The molecule has 3 rings (SSSR count). The molecule has 126 valence electrons. The van der Waals surface area contributed by atoms with Crippen LogP contribution in [0.4, 0.5) is 5.69 Å². The van der Waals surface area contributed by atoms with Gasteiger partial charge in [0.2, 0.25) is 5.91 Å². The first-order valence-corrected chi connectivity index (χ1v) is 8.89. The van der Waals surface area contributed by atoms with Crippen LogP contribution in [-0.2, 0) is 4.79 Å². The van der Waals surface area contributed by atoms with Crippen LogP contribution in [0.2, 0.25) is 0 Å².